The summed E-state index contributed by atoms with van der Waals surface area (Å²) in [4.78, 5) is 0. The number of hydrogen-bond donors (Lipinski definition) is 1. The minimum absolute atomic E-state index is 0.116. The van der Waals surface area contributed by atoms with Gasteiger partial charge in [-0.25, -0.2) is 9.07 Å². The first-order valence-corrected chi connectivity index (χ1v) is 6.58. The van der Waals surface area contributed by atoms with Crippen molar-refractivity contribution < 1.29 is 4.39 Å². The van der Waals surface area contributed by atoms with Crippen LogP contribution in [0.2, 0.25) is 5.02 Å². The van der Waals surface area contributed by atoms with Gasteiger partial charge in [-0.05, 0) is 24.5 Å². The Balaban J connectivity index is 2.18. The van der Waals surface area contributed by atoms with E-state index in [9.17, 15) is 4.39 Å². The monoisotopic (exact) mass is 282 g/mol. The Hall–Kier alpha value is -1.46. The van der Waals surface area contributed by atoms with Crippen molar-refractivity contribution in [1.82, 2.24) is 15.0 Å². The molecule has 6 heteroatoms. The molecule has 0 aliphatic heterocycles. The maximum absolute atomic E-state index is 13.8. The smallest absolute Gasteiger partial charge is 0.145 e. The molecule has 102 valence electrons. The Morgan fingerprint density at radius 2 is 2.26 bits per heavy atom. The van der Waals surface area contributed by atoms with Crippen molar-refractivity contribution in [3.8, 4) is 0 Å². The second kappa shape index (κ2) is 6.12. The van der Waals surface area contributed by atoms with E-state index in [1.54, 1.807) is 23.0 Å². The average Bonchev–Trinajstić information content (AvgIpc) is 2.84. The van der Waals surface area contributed by atoms with E-state index in [1.807, 2.05) is 6.92 Å². The average molecular weight is 283 g/mol. The maximum atomic E-state index is 13.8. The molecule has 0 saturated carbocycles. The lowest BCUT2D eigenvalue weighted by atomic mass is 10.0. The van der Waals surface area contributed by atoms with Crippen molar-refractivity contribution >= 4 is 11.6 Å². The second-order valence-electron chi connectivity index (χ2n) is 4.41. The predicted octanol–water partition coefficient (Wildman–Crippen LogP) is 2.72. The summed E-state index contributed by atoms with van der Waals surface area (Å²) in [6.45, 7) is 2.80. The van der Waals surface area contributed by atoms with Crippen LogP contribution >= 0.6 is 11.6 Å². The van der Waals surface area contributed by atoms with Crippen molar-refractivity contribution in [2.45, 2.75) is 32.4 Å². The molecule has 2 rings (SSSR count). The molecular weight excluding hydrogens is 267 g/mol. The molecule has 1 heterocycles. The van der Waals surface area contributed by atoms with E-state index >= 15 is 0 Å². The molecular formula is C13H16ClFN4. The van der Waals surface area contributed by atoms with E-state index in [4.69, 9.17) is 17.3 Å². The van der Waals surface area contributed by atoms with Crippen LogP contribution in [0.3, 0.4) is 0 Å². The van der Waals surface area contributed by atoms with Crippen LogP contribution in [0.1, 0.15) is 30.6 Å². The fourth-order valence-corrected chi connectivity index (χ4v) is 2.18. The van der Waals surface area contributed by atoms with Gasteiger partial charge in [-0.2, -0.15) is 0 Å². The number of hydrogen-bond acceptors (Lipinski definition) is 3. The molecule has 1 unspecified atom stereocenters. The van der Waals surface area contributed by atoms with Crippen molar-refractivity contribution in [2.75, 3.05) is 0 Å². The van der Waals surface area contributed by atoms with Gasteiger partial charge in [0, 0.05) is 6.54 Å². The van der Waals surface area contributed by atoms with Crippen LogP contribution in [0.25, 0.3) is 0 Å². The number of aromatic nitrogens is 3. The van der Waals surface area contributed by atoms with Gasteiger partial charge in [-0.15, -0.1) is 5.10 Å². The van der Waals surface area contributed by atoms with Crippen LogP contribution < -0.4 is 5.73 Å². The van der Waals surface area contributed by atoms with Crippen LogP contribution in [0.4, 0.5) is 4.39 Å². The van der Waals surface area contributed by atoms with Gasteiger partial charge in [-0.3, -0.25) is 0 Å². The van der Waals surface area contributed by atoms with Crippen molar-refractivity contribution in [3.63, 3.8) is 0 Å². The fourth-order valence-electron chi connectivity index (χ4n) is 1.99. The third kappa shape index (κ3) is 3.11. The molecule has 0 radical (unpaired) electrons. The molecule has 0 aliphatic rings. The standard InChI is InChI=1S/C13H16ClFN4/c1-2-6-19-12(8-17-18-19)11(16)7-9-4-3-5-10(14)13(9)15/h3-5,8,11H,2,6-7,16H2,1H3. The Morgan fingerprint density at radius 3 is 3.00 bits per heavy atom. The van der Waals surface area contributed by atoms with E-state index in [0.29, 0.717) is 12.0 Å². The molecule has 0 spiro atoms. The summed E-state index contributed by atoms with van der Waals surface area (Å²) in [6, 6.07) is 4.58. The summed E-state index contributed by atoms with van der Waals surface area (Å²) in [7, 11) is 0. The highest BCUT2D eigenvalue weighted by atomic mass is 35.5. The maximum Gasteiger partial charge on any atom is 0.145 e. The number of nitrogens with zero attached hydrogens (tertiary/aromatic N) is 3. The molecule has 0 amide bonds. The third-order valence-electron chi connectivity index (χ3n) is 2.93. The molecule has 0 saturated heterocycles. The number of benzene rings is 1. The summed E-state index contributed by atoms with van der Waals surface area (Å²) in [6.07, 6.45) is 2.93. The summed E-state index contributed by atoms with van der Waals surface area (Å²) in [5, 5.41) is 7.95. The van der Waals surface area contributed by atoms with Gasteiger partial charge in [0.2, 0.25) is 0 Å². The first kappa shape index (κ1) is 14.0. The number of halogens is 2. The van der Waals surface area contributed by atoms with E-state index in [2.05, 4.69) is 10.3 Å². The Kier molecular flexibility index (Phi) is 4.50. The third-order valence-corrected chi connectivity index (χ3v) is 3.23. The van der Waals surface area contributed by atoms with Gasteiger partial charge in [-0.1, -0.05) is 35.9 Å². The molecule has 0 aliphatic carbocycles. The molecule has 1 aromatic carbocycles. The summed E-state index contributed by atoms with van der Waals surface area (Å²) in [5.41, 5.74) is 7.42. The van der Waals surface area contributed by atoms with Gasteiger partial charge in [0.05, 0.1) is 23.0 Å². The van der Waals surface area contributed by atoms with Crippen LogP contribution in [-0.4, -0.2) is 15.0 Å². The molecule has 0 fully saturated rings. The zero-order valence-corrected chi connectivity index (χ0v) is 11.4. The molecule has 4 nitrogen and oxygen atoms in total. The Morgan fingerprint density at radius 1 is 1.47 bits per heavy atom. The van der Waals surface area contributed by atoms with Crippen molar-refractivity contribution in [2.24, 2.45) is 5.73 Å². The summed E-state index contributed by atoms with van der Waals surface area (Å²) in [5.74, 6) is -0.408. The topological polar surface area (TPSA) is 56.7 Å². The van der Waals surface area contributed by atoms with Crippen LogP contribution in [0.15, 0.2) is 24.4 Å². The van der Waals surface area contributed by atoms with Gasteiger partial charge in [0.15, 0.2) is 0 Å². The predicted molar refractivity (Wildman–Crippen MR) is 72.4 cm³/mol. The normalized spacial score (nSPS) is 12.6. The van der Waals surface area contributed by atoms with Crippen molar-refractivity contribution in [1.29, 1.82) is 0 Å². The van der Waals surface area contributed by atoms with Crippen molar-refractivity contribution in [3.05, 3.63) is 46.5 Å². The number of nitrogens with two attached hydrogens (primary N) is 1. The zero-order chi connectivity index (χ0) is 13.8. The summed E-state index contributed by atoms with van der Waals surface area (Å²) >= 11 is 5.76. The SMILES string of the molecule is CCCn1nncc1C(N)Cc1cccc(Cl)c1F. The largest absolute Gasteiger partial charge is 0.322 e. The highest BCUT2D eigenvalue weighted by Gasteiger charge is 2.16. The molecule has 2 N–H and O–H groups in total. The minimum atomic E-state index is -0.408. The van der Waals surface area contributed by atoms with E-state index < -0.39 is 5.82 Å². The lowest BCUT2D eigenvalue weighted by molar-refractivity contribution is 0.519. The van der Waals surface area contributed by atoms with Crippen LogP contribution in [0, 0.1) is 5.82 Å². The molecule has 0 bridgehead atoms. The van der Waals surface area contributed by atoms with Crippen LogP contribution in [-0.2, 0) is 13.0 Å². The number of aryl methyl sites for hydroxylation is 1. The first-order valence-electron chi connectivity index (χ1n) is 6.20. The highest BCUT2D eigenvalue weighted by molar-refractivity contribution is 6.30. The minimum Gasteiger partial charge on any atom is -0.322 e. The Bertz CT molecular complexity index is 555. The number of rotatable bonds is 5. The van der Waals surface area contributed by atoms with Gasteiger partial charge < -0.3 is 5.73 Å². The zero-order valence-electron chi connectivity index (χ0n) is 10.7. The molecule has 1 atom stereocenters. The Labute approximate surface area is 116 Å². The fraction of sp³-hybridized carbons (Fsp3) is 0.385. The van der Waals surface area contributed by atoms with E-state index in [1.165, 1.54) is 6.07 Å². The summed E-state index contributed by atoms with van der Waals surface area (Å²) < 4.78 is 15.6. The van der Waals surface area contributed by atoms with E-state index in [0.717, 1.165) is 18.7 Å². The van der Waals surface area contributed by atoms with Gasteiger partial charge >= 0.3 is 0 Å². The van der Waals surface area contributed by atoms with Gasteiger partial charge in [0.25, 0.3) is 0 Å². The quantitative estimate of drug-likeness (QED) is 0.917. The van der Waals surface area contributed by atoms with Gasteiger partial charge in [0.1, 0.15) is 5.82 Å². The molecule has 2 aromatic rings. The lowest BCUT2D eigenvalue weighted by Crippen LogP contribution is -2.19. The lowest BCUT2D eigenvalue weighted by Gasteiger charge is -2.13. The second-order valence-corrected chi connectivity index (χ2v) is 4.81. The molecule has 1 aromatic heterocycles. The molecule has 19 heavy (non-hydrogen) atoms. The highest BCUT2D eigenvalue weighted by Crippen LogP contribution is 2.22. The van der Waals surface area contributed by atoms with E-state index in [-0.39, 0.29) is 11.1 Å². The van der Waals surface area contributed by atoms with Crippen LogP contribution in [0.5, 0.6) is 0 Å². The first-order chi connectivity index (χ1) is 9.13.